The summed E-state index contributed by atoms with van der Waals surface area (Å²) >= 11 is 2.14. The number of anilines is 2. The molecule has 6 heteroatoms. The molecule has 2 heterocycles. The molecule has 1 amide bonds. The van der Waals surface area contributed by atoms with Crippen LogP contribution in [0.4, 0.5) is 11.5 Å². The average Bonchev–Trinajstić information content (AvgIpc) is 2.94. The third-order valence-electron chi connectivity index (χ3n) is 4.57. The first kappa shape index (κ1) is 15.0. The number of amides is 1. The minimum absolute atomic E-state index is 0.133. The van der Waals surface area contributed by atoms with Crippen LogP contribution in [0.15, 0.2) is 6.20 Å². The maximum absolute atomic E-state index is 12.7. The zero-order chi connectivity index (χ0) is 15.2. The number of nitrogens with zero attached hydrogens (tertiary/aromatic N) is 4. The van der Waals surface area contributed by atoms with Gasteiger partial charge in [0.1, 0.15) is 5.69 Å². The Kier molecular flexibility index (Phi) is 3.83. The van der Waals surface area contributed by atoms with Gasteiger partial charge in [0, 0.05) is 42.2 Å². The van der Waals surface area contributed by atoms with Crippen LogP contribution in [0.3, 0.4) is 0 Å². The molecule has 1 aliphatic heterocycles. The number of hydrogen-bond acceptors (Lipinski definition) is 4. The Morgan fingerprint density at radius 1 is 1.33 bits per heavy atom. The fourth-order valence-corrected chi connectivity index (χ4v) is 3.81. The monoisotopic (exact) mass is 400 g/mol. The van der Waals surface area contributed by atoms with E-state index in [1.165, 1.54) is 25.7 Å². The summed E-state index contributed by atoms with van der Waals surface area (Å²) in [5.74, 6) is 1.05. The Hall–Kier alpha value is -0.920. The van der Waals surface area contributed by atoms with Gasteiger partial charge in [-0.3, -0.25) is 4.79 Å². The summed E-state index contributed by atoms with van der Waals surface area (Å²) in [4.78, 5) is 25.7. The summed E-state index contributed by atoms with van der Waals surface area (Å²) in [6.07, 6.45) is 6.69. The molecule has 3 rings (SSSR count). The van der Waals surface area contributed by atoms with Gasteiger partial charge in [-0.05, 0) is 26.7 Å². The number of aromatic nitrogens is 2. The van der Waals surface area contributed by atoms with Crippen LogP contribution < -0.4 is 9.80 Å². The predicted molar refractivity (Wildman–Crippen MR) is 91.5 cm³/mol. The Morgan fingerprint density at radius 3 is 2.67 bits per heavy atom. The average molecular weight is 400 g/mol. The zero-order valence-corrected chi connectivity index (χ0v) is 14.9. The predicted octanol–water partition coefficient (Wildman–Crippen LogP) is 2.83. The van der Waals surface area contributed by atoms with E-state index in [0.717, 1.165) is 21.9 Å². The number of rotatable bonds is 1. The molecule has 0 bridgehead atoms. The van der Waals surface area contributed by atoms with Crippen LogP contribution in [0, 0.1) is 9.25 Å². The van der Waals surface area contributed by atoms with Gasteiger partial charge in [-0.25, -0.2) is 9.97 Å². The largest absolute Gasteiger partial charge is 0.351 e. The molecule has 0 aromatic carbocycles. The lowest BCUT2D eigenvalue weighted by Gasteiger charge is -2.34. The minimum atomic E-state index is -0.413. The SMILES string of the molecule is CN1C(=O)C(C)(C)CN(C2CCCC2)c2nc(I)ncc21. The normalized spacial score (nSPS) is 22.4. The third kappa shape index (κ3) is 2.62. The molecule has 21 heavy (non-hydrogen) atoms. The van der Waals surface area contributed by atoms with E-state index >= 15 is 0 Å². The van der Waals surface area contributed by atoms with Gasteiger partial charge in [-0.1, -0.05) is 12.8 Å². The van der Waals surface area contributed by atoms with E-state index in [1.807, 2.05) is 20.9 Å². The second kappa shape index (κ2) is 5.37. The molecular formula is C15H21IN4O. The number of fused-ring (bicyclic) bond motifs is 1. The topological polar surface area (TPSA) is 49.3 Å². The lowest BCUT2D eigenvalue weighted by Crippen LogP contribution is -2.45. The van der Waals surface area contributed by atoms with E-state index in [-0.39, 0.29) is 5.91 Å². The van der Waals surface area contributed by atoms with Gasteiger partial charge in [0.05, 0.1) is 11.6 Å². The number of carbonyl (C=O) groups excluding carboxylic acids is 1. The molecule has 1 saturated carbocycles. The molecule has 1 aromatic heterocycles. The Balaban J connectivity index is 2.12. The maximum Gasteiger partial charge on any atom is 0.234 e. The Labute approximate surface area is 139 Å². The second-order valence-electron chi connectivity index (χ2n) is 6.66. The van der Waals surface area contributed by atoms with Gasteiger partial charge < -0.3 is 9.80 Å². The van der Waals surface area contributed by atoms with Crippen molar-refractivity contribution in [3.63, 3.8) is 0 Å². The molecule has 2 aliphatic rings. The fraction of sp³-hybridized carbons (Fsp3) is 0.667. The summed E-state index contributed by atoms with van der Waals surface area (Å²) in [6, 6.07) is 0.494. The van der Waals surface area contributed by atoms with Crippen LogP contribution in [0.1, 0.15) is 39.5 Å². The van der Waals surface area contributed by atoms with Crippen molar-refractivity contribution in [2.75, 3.05) is 23.4 Å². The molecule has 0 N–H and O–H groups in total. The smallest absolute Gasteiger partial charge is 0.234 e. The van der Waals surface area contributed by atoms with Crippen molar-refractivity contribution in [2.45, 2.75) is 45.6 Å². The van der Waals surface area contributed by atoms with Gasteiger partial charge in [-0.15, -0.1) is 0 Å². The van der Waals surface area contributed by atoms with E-state index in [0.29, 0.717) is 6.04 Å². The standard InChI is InChI=1S/C15H21IN4O/c1-15(2)9-20(10-6-4-5-7-10)12-11(19(3)13(15)21)8-17-14(16)18-12/h8,10H,4-7,9H2,1-3H3. The van der Waals surface area contributed by atoms with Crippen molar-refractivity contribution in [3.8, 4) is 0 Å². The highest BCUT2D eigenvalue weighted by molar-refractivity contribution is 14.1. The Morgan fingerprint density at radius 2 is 2.00 bits per heavy atom. The van der Waals surface area contributed by atoms with E-state index in [9.17, 15) is 4.79 Å². The summed E-state index contributed by atoms with van der Waals surface area (Å²) in [7, 11) is 1.83. The van der Waals surface area contributed by atoms with Crippen molar-refractivity contribution >= 4 is 40.0 Å². The van der Waals surface area contributed by atoms with Crippen LogP contribution in [0.2, 0.25) is 0 Å². The van der Waals surface area contributed by atoms with Crippen molar-refractivity contribution < 1.29 is 4.79 Å². The lowest BCUT2D eigenvalue weighted by atomic mass is 9.91. The van der Waals surface area contributed by atoms with E-state index < -0.39 is 5.41 Å². The second-order valence-corrected chi connectivity index (χ2v) is 7.63. The summed E-state index contributed by atoms with van der Waals surface area (Å²) in [5.41, 5.74) is 0.418. The highest BCUT2D eigenvalue weighted by Gasteiger charge is 2.41. The molecule has 0 atom stereocenters. The molecule has 1 fully saturated rings. The molecule has 5 nitrogen and oxygen atoms in total. The van der Waals surface area contributed by atoms with Crippen molar-refractivity contribution in [2.24, 2.45) is 5.41 Å². The summed E-state index contributed by atoms with van der Waals surface area (Å²) < 4.78 is 0.731. The first-order valence-corrected chi connectivity index (χ1v) is 8.55. The van der Waals surface area contributed by atoms with E-state index in [4.69, 9.17) is 0 Å². The lowest BCUT2D eigenvalue weighted by molar-refractivity contribution is -0.125. The molecule has 0 unspecified atom stereocenters. The number of carbonyl (C=O) groups is 1. The van der Waals surface area contributed by atoms with Crippen molar-refractivity contribution in [1.29, 1.82) is 0 Å². The van der Waals surface area contributed by atoms with Crippen molar-refractivity contribution in [3.05, 3.63) is 10.0 Å². The van der Waals surface area contributed by atoms with Gasteiger partial charge >= 0.3 is 0 Å². The highest BCUT2D eigenvalue weighted by Crippen LogP contribution is 2.39. The summed E-state index contributed by atoms with van der Waals surface area (Å²) in [6.45, 7) is 4.77. The molecule has 0 spiro atoms. The first-order valence-electron chi connectivity index (χ1n) is 7.47. The molecule has 0 radical (unpaired) electrons. The fourth-order valence-electron chi connectivity index (χ4n) is 3.44. The third-order valence-corrected chi connectivity index (χ3v) is 5.09. The van der Waals surface area contributed by atoms with Gasteiger partial charge in [0.25, 0.3) is 0 Å². The number of halogens is 1. The maximum atomic E-state index is 12.7. The van der Waals surface area contributed by atoms with E-state index in [2.05, 4.69) is 37.5 Å². The van der Waals surface area contributed by atoms with Crippen LogP contribution in [0.25, 0.3) is 0 Å². The minimum Gasteiger partial charge on any atom is -0.351 e. The molecule has 1 aromatic rings. The highest BCUT2D eigenvalue weighted by atomic mass is 127. The Bertz CT molecular complexity index is 569. The van der Waals surface area contributed by atoms with Gasteiger partial charge in [0.15, 0.2) is 9.65 Å². The van der Waals surface area contributed by atoms with Crippen molar-refractivity contribution in [1.82, 2.24) is 9.97 Å². The number of hydrogen-bond donors (Lipinski definition) is 0. The van der Waals surface area contributed by atoms with Crippen LogP contribution in [-0.4, -0.2) is 35.5 Å². The van der Waals surface area contributed by atoms with Gasteiger partial charge in [0.2, 0.25) is 5.91 Å². The van der Waals surface area contributed by atoms with Crippen LogP contribution in [-0.2, 0) is 4.79 Å². The molecule has 0 saturated heterocycles. The molecule has 114 valence electrons. The zero-order valence-electron chi connectivity index (χ0n) is 12.8. The quantitative estimate of drug-likeness (QED) is 0.538. The van der Waals surface area contributed by atoms with Crippen LogP contribution >= 0.6 is 22.6 Å². The summed E-state index contributed by atoms with van der Waals surface area (Å²) in [5, 5.41) is 0. The van der Waals surface area contributed by atoms with E-state index in [1.54, 1.807) is 11.1 Å². The van der Waals surface area contributed by atoms with Gasteiger partial charge in [-0.2, -0.15) is 0 Å². The first-order chi connectivity index (χ1) is 9.90. The molecular weight excluding hydrogens is 379 g/mol. The van der Waals surface area contributed by atoms with Crippen LogP contribution in [0.5, 0.6) is 0 Å². The molecule has 1 aliphatic carbocycles.